The van der Waals surface area contributed by atoms with Gasteiger partial charge < -0.3 is 111 Å². The van der Waals surface area contributed by atoms with Crippen LogP contribution in [0.1, 0.15) is 86.2 Å². The molecule has 2 aliphatic heterocycles. The maximum Gasteiger partial charge on any atom is 0.330 e. The lowest BCUT2D eigenvalue weighted by Gasteiger charge is -2.33. The Balaban J connectivity index is 0.861. The summed E-state index contributed by atoms with van der Waals surface area (Å²) in [7, 11) is 0. The quantitative estimate of drug-likeness (QED) is 0.00620. The average molecular weight is 1920 g/mol. The van der Waals surface area contributed by atoms with Crippen molar-refractivity contribution in [2.45, 2.75) is 132 Å². The van der Waals surface area contributed by atoms with Crippen LogP contribution in [-0.4, -0.2) is 312 Å². The van der Waals surface area contributed by atoms with E-state index in [1.165, 1.54) is 17.4 Å². The Hall–Kier alpha value is -15.4. The number of aromatic amines is 3. The minimum atomic E-state index is -1.94. The number of aliphatic hydroxyl groups is 1. The van der Waals surface area contributed by atoms with E-state index in [-0.39, 0.29) is 148 Å². The first kappa shape index (κ1) is 104. The Bertz CT molecular complexity index is 5740. The van der Waals surface area contributed by atoms with Crippen LogP contribution in [0.4, 0.5) is 4.79 Å². The number of primary amides is 1. The molecule has 0 saturated carbocycles. The van der Waals surface area contributed by atoms with Gasteiger partial charge >= 0.3 is 23.9 Å². The predicted molar refractivity (Wildman–Crippen MR) is 508 cm³/mol. The van der Waals surface area contributed by atoms with Crippen LogP contribution in [-0.2, 0) is 114 Å². The van der Waals surface area contributed by atoms with Gasteiger partial charge in [0.1, 0.15) is 54.4 Å². The molecule has 0 bridgehead atoms. The number of nitrogens with two attached hydrogens (primary N) is 4. The number of carbonyl (C=O) groups excluding carboxylic acids is 12. The van der Waals surface area contributed by atoms with Gasteiger partial charge in [0.25, 0.3) is 5.91 Å². The van der Waals surface area contributed by atoms with Gasteiger partial charge in [-0.25, -0.2) is 15.2 Å². The Morgan fingerprint density at radius 2 is 0.813 bits per heavy atom. The predicted octanol–water partition coefficient (Wildman–Crippen LogP) is -2.42. The number of aromatic nitrogens is 4. The first-order valence-corrected chi connectivity index (χ1v) is 45.5. The topological polar surface area (TPSA) is 674 Å². The molecular weight excluding hydrogens is 1800 g/mol. The second kappa shape index (κ2) is 51.5. The molecule has 6 aromatic carbocycles. The van der Waals surface area contributed by atoms with Crippen molar-refractivity contribution >= 4 is 117 Å². The fourth-order valence-electron chi connectivity index (χ4n) is 16.6. The summed E-state index contributed by atoms with van der Waals surface area (Å²) in [4.78, 5) is 234. The van der Waals surface area contributed by atoms with E-state index in [0.29, 0.717) is 72.7 Å². The zero-order valence-electron chi connectivity index (χ0n) is 76.4. The molecule has 5 heterocycles. The SMILES string of the molecule is N=C(N)NCCC[C@@H](NC(=O)[C@H](Cc1cnc[nH]1)NC(=O)[C@H](CO)NC(=O)[C@H](Cc1c[nH]c2ccccc12)NC(=O)[C@H](Cc1ccc(CN)cc1)NC(=O)[C@H](Cc1ccc(CN)cc1)NC(=O)CN1CCN(CC(=O)O)CCN(CC(=O)O)CCN(CC(=O)O)CC1)C(=O)N[C@@H](Cc1c[nH]c2ccccc12)C(=O)N[C@@H](Cc1ccc(C(=O)c2ccccc2)cc1)C(=O)N1CCC[C@H]1C(=O)NNC(N)=O. The highest BCUT2D eigenvalue weighted by Crippen LogP contribution is 2.25. The molecule has 9 aromatic rings. The molecule has 3 aromatic heterocycles. The number of ketones is 1. The van der Waals surface area contributed by atoms with E-state index in [1.54, 1.807) is 184 Å². The number of para-hydroxylation sites is 2. The third kappa shape index (κ3) is 31.6. The second-order valence-electron chi connectivity index (χ2n) is 34.1. The van der Waals surface area contributed by atoms with Crippen molar-refractivity contribution in [1.29, 1.82) is 5.41 Å². The number of hydrogen-bond donors (Lipinski definition) is 23. The van der Waals surface area contributed by atoms with Crippen molar-refractivity contribution in [1.82, 2.24) is 103 Å². The number of urea groups is 1. The highest BCUT2D eigenvalue weighted by atomic mass is 16.4. The third-order valence-electron chi connectivity index (χ3n) is 24.0. The number of amides is 12. The van der Waals surface area contributed by atoms with Crippen LogP contribution < -0.4 is 81.6 Å². The van der Waals surface area contributed by atoms with Gasteiger partial charge in [-0.3, -0.25) is 97.6 Å². The number of aliphatic carboxylic acids is 3. The van der Waals surface area contributed by atoms with E-state index in [9.17, 15) is 54.0 Å². The highest BCUT2D eigenvalue weighted by molar-refractivity contribution is 6.09. The van der Waals surface area contributed by atoms with E-state index in [0.717, 1.165) is 5.56 Å². The molecule has 27 N–H and O–H groups in total. The average Bonchev–Trinajstić information content (AvgIpc) is 1.20. The molecule has 2 fully saturated rings. The molecular formula is C95H119N25O19. The standard InChI is InChI=1S/C95H119N25O19/c96-46-60-22-18-57(19-23-60)40-72(106-80(122)51-116-32-34-117(52-81(123)124)36-38-119(54-83(127)128)39-37-118(35-33-116)53-82(125)126)86(131)108-73(41-58-20-24-61(47-97)25-21-58)87(132)110-75(44-65-49-104-70-15-7-5-13-68(65)70)89(134)113-78(55-121)91(136)111-76(45-66-50-101-56-105-66)90(135)107-71(16-8-30-102-94(98)99)85(130)109-74(43-64-48-103-69-14-6-4-12-67(64)69)88(133)112-77(93(138)120-31-9-17-79(120)92(137)114-115-95(100)139)42-59-26-28-63(29-27-59)84(129)62-10-2-1-3-11-62/h1-7,10-15,18-29,48-50,56,71-79,103-104,121H,8-9,16-17,30-47,51-55,96-97H2,(H,101,105)(H,106,122)(H,107,135)(H,108,131)(H,109,130)(H,110,132)(H,111,136)(H,112,133)(H,113,134)(H,114,137)(H,123,124)(H,125,126)(H,127,128)(H4,98,99,102)(H3,100,115,139)/t71-,72+,73+,74+,75+,76+,77+,78+,79+/m1/s1. The molecule has 11 rings (SSSR count). The molecule has 0 aliphatic carbocycles. The zero-order chi connectivity index (χ0) is 99.6. The number of H-pyrrole nitrogens is 3. The summed E-state index contributed by atoms with van der Waals surface area (Å²) in [5, 5.41) is 74.7. The van der Waals surface area contributed by atoms with Crippen LogP contribution in [0.5, 0.6) is 0 Å². The number of rotatable bonds is 46. The summed E-state index contributed by atoms with van der Waals surface area (Å²) in [5.74, 6) is -13.5. The van der Waals surface area contributed by atoms with Crippen LogP contribution >= 0.6 is 0 Å². The summed E-state index contributed by atoms with van der Waals surface area (Å²) in [6.45, 7) is -1.88. The Morgan fingerprint density at radius 3 is 1.26 bits per heavy atom. The van der Waals surface area contributed by atoms with Crippen molar-refractivity contribution in [3.05, 3.63) is 232 Å². The molecule has 0 unspecified atom stereocenters. The lowest BCUT2D eigenvalue weighted by molar-refractivity contribution is -0.142. The summed E-state index contributed by atoms with van der Waals surface area (Å²) in [5.41, 5.74) is 33.4. The number of nitrogens with one attached hydrogen (secondary N) is 15. The number of carboxylic acids is 3. The van der Waals surface area contributed by atoms with Crippen LogP contribution in [0, 0.1) is 5.41 Å². The maximum absolute atomic E-state index is 15.6. The van der Waals surface area contributed by atoms with Gasteiger partial charge in [0.2, 0.25) is 53.2 Å². The lowest BCUT2D eigenvalue weighted by atomic mass is 9.98. The van der Waals surface area contributed by atoms with E-state index >= 15 is 38.4 Å². The number of benzene rings is 6. The van der Waals surface area contributed by atoms with Crippen LogP contribution in [0.2, 0.25) is 0 Å². The lowest BCUT2D eigenvalue weighted by Crippen LogP contribution is -2.62. The third-order valence-corrected chi connectivity index (χ3v) is 24.0. The molecule has 9 atom stereocenters. The number of likely N-dealkylation sites (tertiary alicyclic amines) is 1. The van der Waals surface area contributed by atoms with Gasteiger partial charge in [0, 0.05) is 174 Å². The highest BCUT2D eigenvalue weighted by Gasteiger charge is 2.41. The van der Waals surface area contributed by atoms with Gasteiger partial charge in [-0.15, -0.1) is 0 Å². The number of guanidine groups is 1. The van der Waals surface area contributed by atoms with Crippen molar-refractivity contribution in [2.75, 3.05) is 98.2 Å². The molecule has 2 saturated heterocycles. The van der Waals surface area contributed by atoms with Gasteiger partial charge in [0.15, 0.2) is 11.7 Å². The molecule has 12 amide bonds. The van der Waals surface area contributed by atoms with Gasteiger partial charge in [0.05, 0.1) is 39.1 Å². The number of hydrazine groups is 1. The molecule has 0 radical (unpaired) electrons. The molecule has 44 heteroatoms. The van der Waals surface area contributed by atoms with Gasteiger partial charge in [-0.2, -0.15) is 0 Å². The van der Waals surface area contributed by atoms with Crippen molar-refractivity contribution < 1.29 is 92.3 Å². The molecule has 44 nitrogen and oxygen atoms in total. The number of carboxylic acid groups (broad SMARTS) is 3. The normalized spacial score (nSPS) is 15.8. The zero-order valence-corrected chi connectivity index (χ0v) is 76.4. The summed E-state index contributed by atoms with van der Waals surface area (Å²) >= 11 is 0. The molecule has 2 aliphatic rings. The fourth-order valence-corrected chi connectivity index (χ4v) is 16.6. The van der Waals surface area contributed by atoms with E-state index in [1.807, 2.05) is 5.43 Å². The van der Waals surface area contributed by atoms with Crippen LogP contribution in [0.25, 0.3) is 21.8 Å². The monoisotopic (exact) mass is 1910 g/mol. The maximum atomic E-state index is 15.6. The Labute approximate surface area is 798 Å². The number of aliphatic hydroxyl groups excluding tert-OH is 1. The summed E-state index contributed by atoms with van der Waals surface area (Å²) < 4.78 is 0. The first-order chi connectivity index (χ1) is 66.8. The van der Waals surface area contributed by atoms with Crippen molar-refractivity contribution in [2.24, 2.45) is 22.9 Å². The molecule has 139 heavy (non-hydrogen) atoms. The number of carbonyl (C=O) groups is 15. The smallest absolute Gasteiger partial charge is 0.330 e. The van der Waals surface area contributed by atoms with E-state index in [2.05, 4.69) is 73.2 Å². The number of hydrogen-bond acceptors (Lipinski definition) is 24. The van der Waals surface area contributed by atoms with Crippen LogP contribution in [0.15, 0.2) is 177 Å². The van der Waals surface area contributed by atoms with E-state index in [4.69, 9.17) is 28.3 Å². The molecule has 0 spiro atoms. The van der Waals surface area contributed by atoms with Crippen molar-refractivity contribution in [3.8, 4) is 0 Å². The molecule has 738 valence electrons. The van der Waals surface area contributed by atoms with Crippen molar-refractivity contribution in [3.63, 3.8) is 0 Å². The fraction of sp³-hybridized carbons (Fsp3) is 0.379. The number of fused-ring (bicyclic) bond motifs is 2. The number of imidazole rings is 1. The minimum absolute atomic E-state index is 0.00993. The van der Waals surface area contributed by atoms with Crippen LogP contribution in [0.3, 0.4) is 0 Å². The minimum Gasteiger partial charge on any atom is -0.480 e. The Kier molecular flexibility index (Phi) is 38.6. The second-order valence-corrected chi connectivity index (χ2v) is 34.1. The van der Waals surface area contributed by atoms with E-state index < -0.39 is 176 Å². The summed E-state index contributed by atoms with van der Waals surface area (Å²) in [6.07, 6.45) is 4.43. The van der Waals surface area contributed by atoms with Gasteiger partial charge in [-0.05, 0) is 76.8 Å². The summed E-state index contributed by atoms with van der Waals surface area (Å²) in [6, 6.07) is 27.2. The Morgan fingerprint density at radius 1 is 0.424 bits per heavy atom. The number of nitrogens with zero attached hydrogens (tertiary/aromatic N) is 6. The van der Waals surface area contributed by atoms with Gasteiger partial charge in [-0.1, -0.05) is 140 Å². The largest absolute Gasteiger partial charge is 0.480 e. The first-order valence-electron chi connectivity index (χ1n) is 45.5.